The molecule has 0 radical (unpaired) electrons. The molecule has 0 aliphatic carbocycles. The van der Waals surface area contributed by atoms with Gasteiger partial charge < -0.3 is 0 Å². The van der Waals surface area contributed by atoms with Crippen LogP contribution in [-0.2, 0) is 17.4 Å². The molecule has 0 fully saturated rings. The lowest BCUT2D eigenvalue weighted by atomic mass is 9.98. The Morgan fingerprint density at radius 1 is 1.40 bits per heavy atom. The summed E-state index contributed by atoms with van der Waals surface area (Å²) in [6.07, 6.45) is -4.74. The van der Waals surface area contributed by atoms with E-state index in [9.17, 15) is 18.0 Å². The summed E-state index contributed by atoms with van der Waals surface area (Å²) in [5, 5.41) is 0.352. The van der Waals surface area contributed by atoms with E-state index in [2.05, 4.69) is 36.7 Å². The summed E-state index contributed by atoms with van der Waals surface area (Å²) in [6.45, 7) is 8.39. The minimum atomic E-state index is -4.61. The first-order valence-electron chi connectivity index (χ1n) is 5.47. The Hall–Kier alpha value is -0.870. The Labute approximate surface area is 131 Å². The average Bonchev–Trinajstić information content (AvgIpc) is 2.37. The van der Waals surface area contributed by atoms with Crippen molar-refractivity contribution < 1.29 is 18.0 Å². The van der Waals surface area contributed by atoms with Crippen molar-refractivity contribution in [3.8, 4) is 0 Å². The van der Waals surface area contributed by atoms with Crippen LogP contribution in [-0.4, -0.2) is 15.4 Å². The van der Waals surface area contributed by atoms with Crippen molar-refractivity contribution in [2.45, 2.75) is 23.8 Å². The molecular weight excluding hydrogens is 403 g/mol. The maximum Gasteiger partial charge on any atom is 0.407 e. The SMILES string of the molecule is [C-]#[N+]c1ccc(CC(=O)[C@@](C)(Br)CBr)cc1C(F)(F)F. The highest BCUT2D eigenvalue weighted by atomic mass is 79.9. The number of benzene rings is 1. The van der Waals surface area contributed by atoms with Crippen LogP contribution >= 0.6 is 31.9 Å². The van der Waals surface area contributed by atoms with Crippen molar-refractivity contribution in [3.05, 3.63) is 40.7 Å². The van der Waals surface area contributed by atoms with Crippen molar-refractivity contribution in [1.29, 1.82) is 0 Å². The van der Waals surface area contributed by atoms with Gasteiger partial charge in [-0.1, -0.05) is 50.1 Å². The predicted molar refractivity (Wildman–Crippen MR) is 77.5 cm³/mol. The van der Waals surface area contributed by atoms with Gasteiger partial charge in [-0.15, -0.1) is 0 Å². The number of rotatable bonds is 4. The normalized spacial score (nSPS) is 14.4. The number of carbonyl (C=O) groups is 1. The Kier molecular flexibility index (Phi) is 5.39. The van der Waals surface area contributed by atoms with Gasteiger partial charge >= 0.3 is 6.18 Å². The maximum atomic E-state index is 12.8. The highest BCUT2D eigenvalue weighted by Gasteiger charge is 2.34. The van der Waals surface area contributed by atoms with Gasteiger partial charge in [0.1, 0.15) is 0 Å². The summed E-state index contributed by atoms with van der Waals surface area (Å²) >= 11 is 6.39. The fraction of sp³-hybridized carbons (Fsp3) is 0.385. The van der Waals surface area contributed by atoms with Crippen molar-refractivity contribution in [2.24, 2.45) is 0 Å². The monoisotopic (exact) mass is 411 g/mol. The first-order valence-corrected chi connectivity index (χ1v) is 7.39. The molecule has 1 aromatic rings. The molecule has 0 N–H and O–H groups in total. The van der Waals surface area contributed by atoms with E-state index in [1.807, 2.05) is 0 Å². The number of nitrogens with zero attached hydrogens (tertiary/aromatic N) is 1. The summed E-state index contributed by atoms with van der Waals surface area (Å²) in [5.74, 6) is -0.238. The first-order chi connectivity index (χ1) is 9.11. The second-order valence-electron chi connectivity index (χ2n) is 4.39. The van der Waals surface area contributed by atoms with Gasteiger partial charge in [0.05, 0.1) is 16.5 Å². The smallest absolute Gasteiger partial charge is 0.298 e. The van der Waals surface area contributed by atoms with Gasteiger partial charge in [0.25, 0.3) is 0 Å². The molecule has 7 heteroatoms. The third-order valence-corrected chi connectivity index (χ3v) is 5.28. The zero-order chi connectivity index (χ0) is 15.6. The number of hydrogen-bond donors (Lipinski definition) is 0. The topological polar surface area (TPSA) is 21.4 Å². The lowest BCUT2D eigenvalue weighted by Gasteiger charge is -2.18. The highest BCUT2D eigenvalue weighted by molar-refractivity contribution is 9.12. The molecule has 0 aliphatic heterocycles. The molecule has 0 bridgehead atoms. The zero-order valence-corrected chi connectivity index (χ0v) is 13.6. The van der Waals surface area contributed by atoms with E-state index >= 15 is 0 Å². The van der Waals surface area contributed by atoms with Crippen molar-refractivity contribution in [2.75, 3.05) is 5.33 Å². The Morgan fingerprint density at radius 3 is 2.45 bits per heavy atom. The van der Waals surface area contributed by atoms with E-state index in [0.29, 0.717) is 5.33 Å². The van der Waals surface area contributed by atoms with Gasteiger partial charge in [0.2, 0.25) is 0 Å². The molecule has 0 aliphatic rings. The molecule has 108 valence electrons. The summed E-state index contributed by atoms with van der Waals surface area (Å²) in [5.41, 5.74) is -1.23. The molecule has 1 aromatic carbocycles. The van der Waals surface area contributed by atoms with Crippen LogP contribution in [0.15, 0.2) is 18.2 Å². The lowest BCUT2D eigenvalue weighted by Crippen LogP contribution is -2.31. The highest BCUT2D eigenvalue weighted by Crippen LogP contribution is 2.37. The number of carbonyl (C=O) groups excluding carboxylic acids is 1. The van der Waals surface area contributed by atoms with Gasteiger partial charge in [0.15, 0.2) is 11.5 Å². The molecule has 20 heavy (non-hydrogen) atoms. The van der Waals surface area contributed by atoms with E-state index in [1.54, 1.807) is 6.92 Å². The van der Waals surface area contributed by atoms with Gasteiger partial charge in [-0.25, -0.2) is 4.85 Å². The van der Waals surface area contributed by atoms with Crippen LogP contribution in [0.5, 0.6) is 0 Å². The minimum absolute atomic E-state index is 0.130. The van der Waals surface area contributed by atoms with E-state index in [0.717, 1.165) is 12.1 Å². The van der Waals surface area contributed by atoms with Crippen LogP contribution in [0.2, 0.25) is 0 Å². The van der Waals surface area contributed by atoms with Crippen LogP contribution in [0.1, 0.15) is 18.1 Å². The molecule has 0 saturated heterocycles. The fourth-order valence-corrected chi connectivity index (χ4v) is 1.91. The summed E-state index contributed by atoms with van der Waals surface area (Å²) < 4.78 is 37.6. The molecule has 0 spiro atoms. The number of alkyl halides is 5. The zero-order valence-electron chi connectivity index (χ0n) is 10.4. The van der Waals surface area contributed by atoms with Crippen LogP contribution in [0, 0.1) is 6.57 Å². The first kappa shape index (κ1) is 17.2. The van der Waals surface area contributed by atoms with Crippen molar-refractivity contribution in [1.82, 2.24) is 0 Å². The quantitative estimate of drug-likeness (QED) is 0.508. The Balaban J connectivity index is 3.12. The van der Waals surface area contributed by atoms with Crippen LogP contribution in [0.3, 0.4) is 0 Å². The van der Waals surface area contributed by atoms with E-state index < -0.39 is 21.8 Å². The predicted octanol–water partition coefficient (Wildman–Crippen LogP) is 4.92. The summed E-state index contributed by atoms with van der Waals surface area (Å²) in [4.78, 5) is 14.8. The molecule has 2 nitrogen and oxygen atoms in total. The summed E-state index contributed by atoms with van der Waals surface area (Å²) in [7, 11) is 0. The van der Waals surface area contributed by atoms with Crippen LogP contribution in [0.25, 0.3) is 4.85 Å². The molecule has 1 atom stereocenters. The third-order valence-electron chi connectivity index (χ3n) is 2.68. The van der Waals surface area contributed by atoms with E-state index in [4.69, 9.17) is 6.57 Å². The molecular formula is C13H10Br2F3NO. The van der Waals surface area contributed by atoms with E-state index in [1.165, 1.54) is 6.07 Å². The average molecular weight is 413 g/mol. The molecule has 0 saturated carbocycles. The Morgan fingerprint density at radius 2 is 2.00 bits per heavy atom. The second-order valence-corrected chi connectivity index (χ2v) is 6.70. The van der Waals surface area contributed by atoms with Gasteiger partial charge in [0, 0.05) is 11.8 Å². The lowest BCUT2D eigenvalue weighted by molar-refractivity contribution is -0.137. The molecule has 0 unspecified atom stereocenters. The standard InChI is InChI=1S/C13H10Br2F3NO/c1-12(15,7-14)11(20)6-8-3-4-10(19-2)9(5-8)13(16,17)18/h3-5H,6-7H2,1H3/t12-/m0/s1. The molecule has 0 amide bonds. The molecule has 0 aromatic heterocycles. The Bertz CT molecular complexity index is 562. The summed E-state index contributed by atoms with van der Waals surface area (Å²) in [6, 6.07) is 3.33. The van der Waals surface area contributed by atoms with Crippen LogP contribution in [0.4, 0.5) is 18.9 Å². The van der Waals surface area contributed by atoms with Gasteiger partial charge in [-0.05, 0) is 12.5 Å². The van der Waals surface area contributed by atoms with Gasteiger partial charge in [-0.3, -0.25) is 4.79 Å². The fourth-order valence-electron chi connectivity index (χ4n) is 1.46. The van der Waals surface area contributed by atoms with Crippen molar-refractivity contribution in [3.63, 3.8) is 0 Å². The van der Waals surface area contributed by atoms with Crippen LogP contribution < -0.4 is 0 Å². The second kappa shape index (κ2) is 6.27. The maximum absolute atomic E-state index is 12.8. The third kappa shape index (κ3) is 4.06. The number of ketones is 1. The van der Waals surface area contributed by atoms with Crippen molar-refractivity contribution >= 4 is 43.3 Å². The minimum Gasteiger partial charge on any atom is -0.298 e. The number of Topliss-reactive ketones (excluding diaryl/α,β-unsaturated/α-hetero) is 1. The molecule has 1 rings (SSSR count). The van der Waals surface area contributed by atoms with Gasteiger partial charge in [-0.2, -0.15) is 13.2 Å². The van der Waals surface area contributed by atoms with E-state index in [-0.39, 0.29) is 17.8 Å². The number of halogens is 5. The largest absolute Gasteiger partial charge is 0.407 e. The molecule has 0 heterocycles. The number of hydrogen-bond acceptors (Lipinski definition) is 1.